The van der Waals surface area contributed by atoms with Crippen LogP contribution in [0.15, 0.2) is 0 Å². The van der Waals surface area contributed by atoms with Gasteiger partial charge in [-0.2, -0.15) is 0 Å². The number of hydrogen-bond donors (Lipinski definition) is 2. The molecule has 0 unspecified atom stereocenters. The number of nitrogens with one attached hydrogen (secondary N) is 1. The Balaban J connectivity index is 1.44. The van der Waals surface area contributed by atoms with Crippen LogP contribution in [-0.4, -0.2) is 17.6 Å². The van der Waals surface area contributed by atoms with Gasteiger partial charge in [-0.25, -0.2) is 0 Å². The van der Waals surface area contributed by atoms with Crippen molar-refractivity contribution in [2.75, 3.05) is 6.54 Å². The van der Waals surface area contributed by atoms with E-state index in [9.17, 15) is 0 Å². The molecule has 0 aromatic heterocycles. The van der Waals surface area contributed by atoms with Crippen molar-refractivity contribution in [2.45, 2.75) is 75.3 Å². The summed E-state index contributed by atoms with van der Waals surface area (Å²) in [5.41, 5.74) is 7.16. The molecule has 0 spiro atoms. The smallest absolute Gasteiger partial charge is 0.0281 e. The highest BCUT2D eigenvalue weighted by molar-refractivity contribution is 5.07. The predicted molar refractivity (Wildman–Crippen MR) is 74.3 cm³/mol. The summed E-state index contributed by atoms with van der Waals surface area (Å²) < 4.78 is 0. The third kappa shape index (κ3) is 1.92. The first-order chi connectivity index (χ1) is 8.65. The Kier molecular flexibility index (Phi) is 2.58. The Hall–Kier alpha value is -0.0800. The Labute approximate surface area is 111 Å². The highest BCUT2D eigenvalue weighted by Gasteiger charge is 2.51. The van der Waals surface area contributed by atoms with Crippen molar-refractivity contribution < 1.29 is 0 Å². The SMILES string of the molecule is NC1(CNC23CC4CC(CC(C4)C2)C3)CCCC1. The molecule has 0 saturated heterocycles. The first-order valence-electron chi connectivity index (χ1n) is 8.19. The molecule has 2 heteroatoms. The van der Waals surface area contributed by atoms with Crippen LogP contribution in [0.3, 0.4) is 0 Å². The molecule has 5 fully saturated rings. The summed E-state index contributed by atoms with van der Waals surface area (Å²) >= 11 is 0. The summed E-state index contributed by atoms with van der Waals surface area (Å²) in [5, 5.41) is 3.98. The van der Waals surface area contributed by atoms with Gasteiger partial charge in [0.05, 0.1) is 0 Å². The van der Waals surface area contributed by atoms with Crippen LogP contribution in [0, 0.1) is 17.8 Å². The molecule has 0 amide bonds. The molecule has 0 aliphatic heterocycles. The first kappa shape index (κ1) is 11.7. The lowest BCUT2D eigenvalue weighted by Crippen LogP contribution is -2.62. The Bertz CT molecular complexity index is 295. The van der Waals surface area contributed by atoms with E-state index in [1.165, 1.54) is 64.2 Å². The monoisotopic (exact) mass is 248 g/mol. The molecule has 5 saturated carbocycles. The Morgan fingerprint density at radius 1 is 0.889 bits per heavy atom. The molecular formula is C16H28N2. The fraction of sp³-hybridized carbons (Fsp3) is 1.00. The molecular weight excluding hydrogens is 220 g/mol. The third-order valence-corrected chi connectivity index (χ3v) is 6.45. The molecule has 2 nitrogen and oxygen atoms in total. The highest BCUT2D eigenvalue weighted by atomic mass is 15.0. The second kappa shape index (κ2) is 3.96. The normalized spacial score (nSPS) is 48.8. The van der Waals surface area contributed by atoms with Crippen molar-refractivity contribution in [3.05, 3.63) is 0 Å². The lowest BCUT2D eigenvalue weighted by molar-refractivity contribution is -0.0219. The molecule has 0 heterocycles. The molecule has 18 heavy (non-hydrogen) atoms. The molecule has 5 rings (SSSR count). The standard InChI is InChI=1S/C16H28N2/c17-15(3-1-2-4-15)11-18-16-8-12-5-13(9-16)7-14(6-12)10-16/h12-14,18H,1-11,17H2. The molecule has 0 aromatic carbocycles. The van der Waals surface area contributed by atoms with Crippen molar-refractivity contribution in [1.29, 1.82) is 0 Å². The topological polar surface area (TPSA) is 38.0 Å². The van der Waals surface area contributed by atoms with Crippen LogP contribution in [0.25, 0.3) is 0 Å². The van der Waals surface area contributed by atoms with Crippen LogP contribution >= 0.6 is 0 Å². The van der Waals surface area contributed by atoms with E-state index in [4.69, 9.17) is 5.73 Å². The molecule has 0 atom stereocenters. The zero-order chi connectivity index (χ0) is 12.2. The average Bonchev–Trinajstić information content (AvgIpc) is 2.73. The van der Waals surface area contributed by atoms with E-state index in [-0.39, 0.29) is 5.54 Å². The van der Waals surface area contributed by atoms with Gasteiger partial charge in [0.15, 0.2) is 0 Å². The maximum absolute atomic E-state index is 6.53. The van der Waals surface area contributed by atoms with E-state index < -0.39 is 0 Å². The van der Waals surface area contributed by atoms with Crippen LogP contribution in [0.1, 0.15) is 64.2 Å². The quantitative estimate of drug-likeness (QED) is 0.806. The van der Waals surface area contributed by atoms with Gasteiger partial charge in [0.2, 0.25) is 0 Å². The fourth-order valence-corrected chi connectivity index (χ4v) is 5.95. The summed E-state index contributed by atoms with van der Waals surface area (Å²) in [5.74, 6) is 3.13. The van der Waals surface area contributed by atoms with Gasteiger partial charge in [-0.15, -0.1) is 0 Å². The summed E-state index contributed by atoms with van der Waals surface area (Å²) in [6.45, 7) is 1.08. The zero-order valence-electron chi connectivity index (χ0n) is 11.6. The molecule has 3 N–H and O–H groups in total. The second-order valence-electron chi connectivity index (χ2n) is 8.12. The van der Waals surface area contributed by atoms with Crippen molar-refractivity contribution in [2.24, 2.45) is 23.5 Å². The van der Waals surface area contributed by atoms with E-state index in [0.29, 0.717) is 5.54 Å². The lowest BCUT2D eigenvalue weighted by atomic mass is 9.53. The van der Waals surface area contributed by atoms with Gasteiger partial charge < -0.3 is 11.1 Å². The molecule has 0 aromatic rings. The van der Waals surface area contributed by atoms with Crippen molar-refractivity contribution in [3.8, 4) is 0 Å². The average molecular weight is 248 g/mol. The van der Waals surface area contributed by atoms with Gasteiger partial charge in [0.25, 0.3) is 0 Å². The van der Waals surface area contributed by atoms with Gasteiger partial charge in [-0.3, -0.25) is 0 Å². The first-order valence-corrected chi connectivity index (χ1v) is 8.19. The van der Waals surface area contributed by atoms with Gasteiger partial charge in [-0.1, -0.05) is 12.8 Å². The number of rotatable bonds is 3. The Morgan fingerprint density at radius 2 is 1.39 bits per heavy atom. The van der Waals surface area contributed by atoms with Gasteiger partial charge in [0.1, 0.15) is 0 Å². The highest BCUT2D eigenvalue weighted by Crippen LogP contribution is 2.55. The minimum Gasteiger partial charge on any atom is -0.324 e. The molecule has 102 valence electrons. The van der Waals surface area contributed by atoms with E-state index >= 15 is 0 Å². The van der Waals surface area contributed by atoms with Crippen LogP contribution in [-0.2, 0) is 0 Å². The Morgan fingerprint density at radius 3 is 1.89 bits per heavy atom. The van der Waals surface area contributed by atoms with Crippen LogP contribution in [0.5, 0.6) is 0 Å². The number of hydrogen-bond acceptors (Lipinski definition) is 2. The van der Waals surface area contributed by atoms with Crippen molar-refractivity contribution in [1.82, 2.24) is 5.32 Å². The lowest BCUT2D eigenvalue weighted by Gasteiger charge is -2.57. The van der Waals surface area contributed by atoms with Gasteiger partial charge in [0, 0.05) is 17.6 Å². The second-order valence-corrected chi connectivity index (χ2v) is 8.12. The molecule has 4 bridgehead atoms. The van der Waals surface area contributed by atoms with E-state index in [2.05, 4.69) is 5.32 Å². The zero-order valence-corrected chi connectivity index (χ0v) is 11.6. The third-order valence-electron chi connectivity index (χ3n) is 6.45. The van der Waals surface area contributed by atoms with Crippen LogP contribution in [0.4, 0.5) is 0 Å². The van der Waals surface area contributed by atoms with Crippen molar-refractivity contribution >= 4 is 0 Å². The van der Waals surface area contributed by atoms with Gasteiger partial charge in [-0.05, 0) is 69.1 Å². The molecule has 5 aliphatic rings. The summed E-state index contributed by atoms with van der Waals surface area (Å²) in [7, 11) is 0. The van der Waals surface area contributed by atoms with Crippen LogP contribution < -0.4 is 11.1 Å². The summed E-state index contributed by atoms with van der Waals surface area (Å²) in [6.07, 6.45) is 14.1. The van der Waals surface area contributed by atoms with Gasteiger partial charge >= 0.3 is 0 Å². The molecule has 5 aliphatic carbocycles. The number of nitrogens with two attached hydrogens (primary N) is 1. The summed E-state index contributed by atoms with van der Waals surface area (Å²) in [4.78, 5) is 0. The fourth-order valence-electron chi connectivity index (χ4n) is 5.95. The van der Waals surface area contributed by atoms with E-state index in [1.807, 2.05) is 0 Å². The van der Waals surface area contributed by atoms with E-state index in [1.54, 1.807) is 0 Å². The minimum absolute atomic E-state index is 0.128. The van der Waals surface area contributed by atoms with Crippen molar-refractivity contribution in [3.63, 3.8) is 0 Å². The van der Waals surface area contributed by atoms with E-state index in [0.717, 1.165) is 24.3 Å². The largest absolute Gasteiger partial charge is 0.324 e. The predicted octanol–water partition coefficient (Wildman–Crippen LogP) is 2.82. The minimum atomic E-state index is 0.128. The maximum Gasteiger partial charge on any atom is 0.0281 e. The maximum atomic E-state index is 6.53. The summed E-state index contributed by atoms with van der Waals surface area (Å²) in [6, 6.07) is 0. The molecule has 0 radical (unpaired) electrons. The van der Waals surface area contributed by atoms with Crippen LogP contribution in [0.2, 0.25) is 0 Å².